The van der Waals surface area contributed by atoms with Crippen LogP contribution in [0.5, 0.6) is 0 Å². The lowest BCUT2D eigenvalue weighted by Gasteiger charge is -2.10. The van der Waals surface area contributed by atoms with Crippen LogP contribution in [0.25, 0.3) is 11.3 Å². The van der Waals surface area contributed by atoms with Crippen LogP contribution in [0, 0.1) is 5.82 Å². The molecule has 0 N–H and O–H groups in total. The number of rotatable bonds is 6. The van der Waals surface area contributed by atoms with E-state index in [9.17, 15) is 4.39 Å². The van der Waals surface area contributed by atoms with Gasteiger partial charge in [0.05, 0.1) is 17.7 Å². The summed E-state index contributed by atoms with van der Waals surface area (Å²) < 4.78 is 18.5. The van der Waals surface area contributed by atoms with Crippen molar-refractivity contribution in [3.8, 4) is 11.3 Å². The van der Waals surface area contributed by atoms with Crippen molar-refractivity contribution in [3.05, 3.63) is 88.3 Å². The predicted molar refractivity (Wildman–Crippen MR) is 111 cm³/mol. The maximum absolute atomic E-state index is 14.4. The van der Waals surface area contributed by atoms with E-state index in [0.29, 0.717) is 17.1 Å². The van der Waals surface area contributed by atoms with Crippen molar-refractivity contribution in [2.45, 2.75) is 19.5 Å². The van der Waals surface area contributed by atoms with Gasteiger partial charge < -0.3 is 9.13 Å². The molecule has 0 radical (unpaired) electrons. The summed E-state index contributed by atoms with van der Waals surface area (Å²) in [6, 6.07) is 14.2. The summed E-state index contributed by atoms with van der Waals surface area (Å²) >= 11 is 7.59. The van der Waals surface area contributed by atoms with E-state index in [0.717, 1.165) is 29.1 Å². The molecule has 0 aliphatic carbocycles. The molecule has 0 unspecified atom stereocenters. The maximum atomic E-state index is 14.4. The Morgan fingerprint density at radius 1 is 1.11 bits per heavy atom. The van der Waals surface area contributed by atoms with E-state index < -0.39 is 0 Å². The number of nitrogens with zero attached hydrogens (tertiary/aromatic N) is 4. The minimum absolute atomic E-state index is 0.238. The molecule has 2 heterocycles. The minimum atomic E-state index is -0.238. The van der Waals surface area contributed by atoms with Gasteiger partial charge in [0.1, 0.15) is 5.82 Å². The number of hydrogen-bond acceptors (Lipinski definition) is 3. The topological polar surface area (TPSA) is 35.1 Å². The number of imidazole rings is 1. The number of thiazole rings is 1. The second kappa shape index (κ2) is 8.54. The predicted octanol–water partition coefficient (Wildman–Crippen LogP) is 5.53. The average molecular weight is 413 g/mol. The number of halogens is 2. The molecule has 4 nitrogen and oxygen atoms in total. The lowest BCUT2D eigenvalue weighted by molar-refractivity contribution is 0.557. The van der Waals surface area contributed by atoms with Crippen molar-refractivity contribution in [1.29, 1.82) is 0 Å². The van der Waals surface area contributed by atoms with Gasteiger partial charge in [-0.3, -0.25) is 0 Å². The first-order chi connectivity index (χ1) is 13.7. The Morgan fingerprint density at radius 2 is 2.00 bits per heavy atom. The first-order valence-electron chi connectivity index (χ1n) is 8.90. The van der Waals surface area contributed by atoms with E-state index in [1.165, 1.54) is 17.4 Å². The molecule has 4 rings (SSSR count). The van der Waals surface area contributed by atoms with Crippen LogP contribution in [0.1, 0.15) is 6.42 Å². The van der Waals surface area contributed by atoms with Gasteiger partial charge in [0.2, 0.25) is 0 Å². The lowest BCUT2D eigenvalue weighted by Crippen LogP contribution is -2.17. The molecule has 0 bridgehead atoms. The standard InChI is InChI=1S/C21H18ClFN4S/c22-16-5-3-6-17(13-16)25-21-27(11-4-10-26-12-9-24-15-26)20(14-28-21)18-7-1-2-8-19(18)23/h1-3,5-9,12-15H,4,10-11H2. The molecule has 2 aromatic carbocycles. The molecule has 2 aromatic heterocycles. The molecular formula is C21H18ClFN4S. The molecule has 0 aliphatic rings. The summed E-state index contributed by atoms with van der Waals surface area (Å²) in [6.45, 7) is 1.54. The van der Waals surface area contributed by atoms with Gasteiger partial charge >= 0.3 is 0 Å². The lowest BCUT2D eigenvalue weighted by atomic mass is 10.1. The van der Waals surface area contributed by atoms with E-state index in [2.05, 4.69) is 9.55 Å². The van der Waals surface area contributed by atoms with Crippen LogP contribution in [-0.4, -0.2) is 14.1 Å². The molecule has 142 valence electrons. The number of aromatic nitrogens is 3. The van der Waals surface area contributed by atoms with Crippen molar-refractivity contribution in [3.63, 3.8) is 0 Å². The zero-order valence-corrected chi connectivity index (χ0v) is 16.6. The second-order valence-corrected chi connectivity index (χ2v) is 7.55. The Balaban J connectivity index is 1.72. The summed E-state index contributed by atoms with van der Waals surface area (Å²) in [5.41, 5.74) is 2.18. The Bertz CT molecular complexity index is 1130. The Labute approximate surface area is 171 Å². The van der Waals surface area contributed by atoms with Crippen LogP contribution >= 0.6 is 22.9 Å². The van der Waals surface area contributed by atoms with Gasteiger partial charge in [0.25, 0.3) is 0 Å². The molecular weight excluding hydrogens is 395 g/mol. The number of benzene rings is 2. The minimum Gasteiger partial charge on any atom is -0.337 e. The van der Waals surface area contributed by atoms with E-state index in [1.54, 1.807) is 24.7 Å². The smallest absolute Gasteiger partial charge is 0.190 e. The van der Waals surface area contributed by atoms with Crippen molar-refractivity contribution in [1.82, 2.24) is 14.1 Å². The Hall–Kier alpha value is -2.70. The first kappa shape index (κ1) is 18.7. The number of hydrogen-bond donors (Lipinski definition) is 0. The molecule has 0 aliphatic heterocycles. The normalized spacial score (nSPS) is 11.9. The van der Waals surface area contributed by atoms with Crippen molar-refractivity contribution in [2.75, 3.05) is 0 Å². The molecule has 4 aromatic rings. The third-order valence-corrected chi connectivity index (χ3v) is 5.44. The summed E-state index contributed by atoms with van der Waals surface area (Å²) in [5.74, 6) is -0.238. The molecule has 0 atom stereocenters. The van der Waals surface area contributed by atoms with Gasteiger partial charge in [-0.15, -0.1) is 11.3 Å². The summed E-state index contributed by atoms with van der Waals surface area (Å²) in [5, 5.41) is 2.60. The molecule has 0 fully saturated rings. The fourth-order valence-electron chi connectivity index (χ4n) is 3.01. The largest absolute Gasteiger partial charge is 0.337 e. The first-order valence-corrected chi connectivity index (χ1v) is 10.2. The van der Waals surface area contributed by atoms with Gasteiger partial charge in [0, 0.05) is 41.4 Å². The number of aryl methyl sites for hydroxylation is 1. The fourth-order valence-corrected chi connectivity index (χ4v) is 4.14. The van der Waals surface area contributed by atoms with Gasteiger partial charge in [-0.1, -0.05) is 29.8 Å². The Kier molecular flexibility index (Phi) is 5.69. The third kappa shape index (κ3) is 4.24. The quantitative estimate of drug-likeness (QED) is 0.410. The van der Waals surface area contributed by atoms with Crippen LogP contribution in [0.2, 0.25) is 5.02 Å². The van der Waals surface area contributed by atoms with Gasteiger partial charge in [-0.05, 0) is 36.8 Å². The van der Waals surface area contributed by atoms with Crippen LogP contribution in [0.3, 0.4) is 0 Å². The van der Waals surface area contributed by atoms with Crippen LogP contribution in [-0.2, 0) is 13.1 Å². The van der Waals surface area contributed by atoms with Gasteiger partial charge in [0.15, 0.2) is 4.80 Å². The monoisotopic (exact) mass is 412 g/mol. The summed E-state index contributed by atoms with van der Waals surface area (Å²) in [6.07, 6.45) is 6.38. The Morgan fingerprint density at radius 3 is 2.79 bits per heavy atom. The van der Waals surface area contributed by atoms with Crippen LogP contribution in [0.15, 0.2) is 77.6 Å². The summed E-state index contributed by atoms with van der Waals surface area (Å²) in [4.78, 5) is 9.63. The second-order valence-electron chi connectivity index (χ2n) is 6.28. The highest BCUT2D eigenvalue weighted by molar-refractivity contribution is 7.07. The SMILES string of the molecule is Fc1ccccc1-c1csc(=Nc2cccc(Cl)c2)n1CCCn1ccnc1. The fraction of sp³-hybridized carbons (Fsp3) is 0.143. The van der Waals surface area contributed by atoms with Gasteiger partial charge in [-0.2, -0.15) is 0 Å². The van der Waals surface area contributed by atoms with E-state index >= 15 is 0 Å². The molecule has 0 saturated carbocycles. The zero-order chi connectivity index (χ0) is 19.3. The summed E-state index contributed by atoms with van der Waals surface area (Å²) in [7, 11) is 0. The van der Waals surface area contributed by atoms with Crippen molar-refractivity contribution in [2.24, 2.45) is 4.99 Å². The van der Waals surface area contributed by atoms with E-state index in [4.69, 9.17) is 16.6 Å². The highest BCUT2D eigenvalue weighted by Crippen LogP contribution is 2.24. The molecule has 0 saturated heterocycles. The average Bonchev–Trinajstić information content (AvgIpc) is 3.33. The highest BCUT2D eigenvalue weighted by Gasteiger charge is 2.12. The molecule has 28 heavy (non-hydrogen) atoms. The maximum Gasteiger partial charge on any atom is 0.190 e. The molecule has 0 amide bonds. The highest BCUT2D eigenvalue weighted by atomic mass is 35.5. The zero-order valence-electron chi connectivity index (χ0n) is 15.0. The third-order valence-electron chi connectivity index (χ3n) is 4.34. The molecule has 0 spiro atoms. The van der Waals surface area contributed by atoms with Crippen LogP contribution in [0.4, 0.5) is 10.1 Å². The van der Waals surface area contributed by atoms with E-state index in [1.807, 2.05) is 46.5 Å². The van der Waals surface area contributed by atoms with Crippen molar-refractivity contribution < 1.29 is 4.39 Å². The van der Waals surface area contributed by atoms with Gasteiger partial charge in [-0.25, -0.2) is 14.4 Å². The van der Waals surface area contributed by atoms with Crippen molar-refractivity contribution >= 4 is 28.6 Å². The molecule has 7 heteroatoms. The van der Waals surface area contributed by atoms with E-state index in [-0.39, 0.29) is 5.82 Å². The van der Waals surface area contributed by atoms with Crippen LogP contribution < -0.4 is 4.80 Å².